The Morgan fingerprint density at radius 2 is 1.95 bits per heavy atom. The van der Waals surface area contributed by atoms with Crippen LogP contribution < -0.4 is 5.32 Å². The SMILES string of the molecule is CCCN1CCC(NC(=O)c2ccc(C)c(C)c2)CC1. The van der Waals surface area contributed by atoms with Crippen LogP contribution in [0.1, 0.15) is 47.7 Å². The van der Waals surface area contributed by atoms with E-state index < -0.39 is 0 Å². The van der Waals surface area contributed by atoms with Gasteiger partial charge in [0.05, 0.1) is 0 Å². The van der Waals surface area contributed by atoms with Crippen LogP contribution in [0.4, 0.5) is 0 Å². The summed E-state index contributed by atoms with van der Waals surface area (Å²) in [5.74, 6) is 0.0713. The van der Waals surface area contributed by atoms with Gasteiger partial charge in [0, 0.05) is 24.7 Å². The Kier molecular flexibility index (Phi) is 5.18. The third-order valence-corrected chi connectivity index (χ3v) is 4.23. The zero-order valence-corrected chi connectivity index (χ0v) is 12.9. The van der Waals surface area contributed by atoms with Crippen LogP contribution in [0.15, 0.2) is 18.2 Å². The lowest BCUT2D eigenvalue weighted by molar-refractivity contribution is 0.0911. The van der Waals surface area contributed by atoms with Crippen molar-refractivity contribution in [2.24, 2.45) is 0 Å². The number of amides is 1. The number of hydrogen-bond donors (Lipinski definition) is 1. The summed E-state index contributed by atoms with van der Waals surface area (Å²) in [4.78, 5) is 14.7. The first-order valence-corrected chi connectivity index (χ1v) is 7.70. The maximum absolute atomic E-state index is 12.3. The predicted octanol–water partition coefficient (Wildman–Crippen LogP) is 2.91. The molecule has 20 heavy (non-hydrogen) atoms. The van der Waals surface area contributed by atoms with Crippen LogP contribution in [0.25, 0.3) is 0 Å². The van der Waals surface area contributed by atoms with Crippen molar-refractivity contribution >= 4 is 5.91 Å². The minimum Gasteiger partial charge on any atom is -0.349 e. The quantitative estimate of drug-likeness (QED) is 0.915. The normalized spacial score (nSPS) is 17.1. The van der Waals surface area contributed by atoms with E-state index in [1.54, 1.807) is 0 Å². The molecule has 0 saturated carbocycles. The number of nitrogens with one attached hydrogen (secondary N) is 1. The molecule has 0 unspecified atom stereocenters. The number of rotatable bonds is 4. The monoisotopic (exact) mass is 274 g/mol. The number of piperidine rings is 1. The molecule has 1 aromatic carbocycles. The summed E-state index contributed by atoms with van der Waals surface area (Å²) in [6.07, 6.45) is 3.34. The second-order valence-corrected chi connectivity index (χ2v) is 5.89. The van der Waals surface area contributed by atoms with Crippen LogP contribution in [0.2, 0.25) is 0 Å². The first kappa shape index (κ1) is 15.0. The minimum absolute atomic E-state index is 0.0713. The Balaban J connectivity index is 1.87. The third-order valence-electron chi connectivity index (χ3n) is 4.23. The minimum atomic E-state index is 0.0713. The van der Waals surface area contributed by atoms with E-state index in [0.717, 1.165) is 31.5 Å². The molecular formula is C17H26N2O. The first-order chi connectivity index (χ1) is 9.60. The molecule has 1 amide bonds. The van der Waals surface area contributed by atoms with Crippen molar-refractivity contribution in [2.45, 2.75) is 46.1 Å². The van der Waals surface area contributed by atoms with Gasteiger partial charge in [0.2, 0.25) is 0 Å². The largest absolute Gasteiger partial charge is 0.349 e. The zero-order valence-electron chi connectivity index (χ0n) is 12.9. The highest BCUT2D eigenvalue weighted by Gasteiger charge is 2.20. The van der Waals surface area contributed by atoms with Gasteiger partial charge in [-0.05, 0) is 62.9 Å². The highest BCUT2D eigenvalue weighted by atomic mass is 16.1. The highest BCUT2D eigenvalue weighted by Crippen LogP contribution is 2.13. The smallest absolute Gasteiger partial charge is 0.251 e. The third kappa shape index (κ3) is 3.83. The van der Waals surface area contributed by atoms with Gasteiger partial charge in [0.15, 0.2) is 0 Å². The van der Waals surface area contributed by atoms with E-state index in [-0.39, 0.29) is 5.91 Å². The van der Waals surface area contributed by atoms with E-state index in [0.29, 0.717) is 6.04 Å². The number of nitrogens with zero attached hydrogens (tertiary/aromatic N) is 1. The summed E-state index contributed by atoms with van der Waals surface area (Å²) in [6.45, 7) is 9.72. The molecule has 0 aromatic heterocycles. The van der Waals surface area contributed by atoms with Crippen molar-refractivity contribution < 1.29 is 4.79 Å². The fraction of sp³-hybridized carbons (Fsp3) is 0.588. The van der Waals surface area contributed by atoms with Crippen molar-refractivity contribution in [3.8, 4) is 0 Å². The molecule has 0 aliphatic carbocycles. The molecule has 1 heterocycles. The number of hydrogen-bond acceptors (Lipinski definition) is 2. The van der Waals surface area contributed by atoms with E-state index in [2.05, 4.69) is 31.0 Å². The fourth-order valence-electron chi connectivity index (χ4n) is 2.77. The summed E-state index contributed by atoms with van der Waals surface area (Å²) in [5, 5.41) is 3.18. The van der Waals surface area contributed by atoms with E-state index >= 15 is 0 Å². The van der Waals surface area contributed by atoms with Crippen LogP contribution in [-0.2, 0) is 0 Å². The van der Waals surface area contributed by atoms with Gasteiger partial charge in [0.1, 0.15) is 0 Å². The number of likely N-dealkylation sites (tertiary alicyclic amines) is 1. The summed E-state index contributed by atoms with van der Waals surface area (Å²) in [5.41, 5.74) is 3.19. The van der Waals surface area contributed by atoms with Crippen molar-refractivity contribution in [3.05, 3.63) is 34.9 Å². The molecule has 1 saturated heterocycles. The molecule has 1 aliphatic rings. The van der Waals surface area contributed by atoms with Gasteiger partial charge in [-0.1, -0.05) is 13.0 Å². The molecule has 3 heteroatoms. The lowest BCUT2D eigenvalue weighted by Gasteiger charge is -2.32. The molecule has 1 aromatic rings. The van der Waals surface area contributed by atoms with Gasteiger partial charge in [-0.25, -0.2) is 0 Å². The van der Waals surface area contributed by atoms with Crippen LogP contribution in [0.3, 0.4) is 0 Å². The maximum Gasteiger partial charge on any atom is 0.251 e. The number of aryl methyl sites for hydroxylation is 2. The second kappa shape index (κ2) is 6.89. The molecule has 110 valence electrons. The summed E-state index contributed by atoms with van der Waals surface area (Å²) >= 11 is 0. The summed E-state index contributed by atoms with van der Waals surface area (Å²) in [6, 6.07) is 6.26. The molecule has 0 bridgehead atoms. The average Bonchev–Trinajstić information content (AvgIpc) is 2.44. The maximum atomic E-state index is 12.3. The second-order valence-electron chi connectivity index (χ2n) is 5.89. The van der Waals surface area contributed by atoms with E-state index in [1.165, 1.54) is 24.1 Å². The van der Waals surface area contributed by atoms with Gasteiger partial charge in [-0.3, -0.25) is 4.79 Å². The Morgan fingerprint density at radius 3 is 2.55 bits per heavy atom. The predicted molar refractivity (Wildman–Crippen MR) is 83.1 cm³/mol. The van der Waals surface area contributed by atoms with Crippen molar-refractivity contribution in [2.75, 3.05) is 19.6 Å². The topological polar surface area (TPSA) is 32.3 Å². The summed E-state index contributed by atoms with van der Waals surface area (Å²) < 4.78 is 0. The van der Waals surface area contributed by atoms with Gasteiger partial charge >= 0.3 is 0 Å². The van der Waals surface area contributed by atoms with Crippen molar-refractivity contribution in [1.82, 2.24) is 10.2 Å². The number of carbonyl (C=O) groups is 1. The molecule has 1 fully saturated rings. The van der Waals surface area contributed by atoms with E-state index in [9.17, 15) is 4.79 Å². The molecule has 0 spiro atoms. The number of carbonyl (C=O) groups excluding carboxylic acids is 1. The highest BCUT2D eigenvalue weighted by molar-refractivity contribution is 5.94. The standard InChI is InChI=1S/C17H26N2O/c1-4-9-19-10-7-16(8-11-19)18-17(20)15-6-5-13(2)14(3)12-15/h5-6,12,16H,4,7-11H2,1-3H3,(H,18,20). The fourth-order valence-corrected chi connectivity index (χ4v) is 2.77. The van der Waals surface area contributed by atoms with Crippen LogP contribution >= 0.6 is 0 Å². The van der Waals surface area contributed by atoms with Crippen molar-refractivity contribution in [1.29, 1.82) is 0 Å². The average molecular weight is 274 g/mol. The van der Waals surface area contributed by atoms with E-state index in [4.69, 9.17) is 0 Å². The molecule has 2 rings (SSSR count). The Morgan fingerprint density at radius 1 is 1.25 bits per heavy atom. The molecular weight excluding hydrogens is 248 g/mol. The summed E-state index contributed by atoms with van der Waals surface area (Å²) in [7, 11) is 0. The van der Waals surface area contributed by atoms with Gasteiger partial charge in [0.25, 0.3) is 5.91 Å². The van der Waals surface area contributed by atoms with Crippen LogP contribution in [0, 0.1) is 13.8 Å². The zero-order chi connectivity index (χ0) is 14.5. The Bertz CT molecular complexity index is 462. The van der Waals surface area contributed by atoms with Crippen LogP contribution in [-0.4, -0.2) is 36.5 Å². The van der Waals surface area contributed by atoms with Gasteiger partial charge in [-0.15, -0.1) is 0 Å². The lowest BCUT2D eigenvalue weighted by Crippen LogP contribution is -2.44. The van der Waals surface area contributed by atoms with Crippen LogP contribution in [0.5, 0.6) is 0 Å². The molecule has 0 radical (unpaired) electrons. The first-order valence-electron chi connectivity index (χ1n) is 7.70. The molecule has 3 nitrogen and oxygen atoms in total. The van der Waals surface area contributed by atoms with E-state index in [1.807, 2.05) is 18.2 Å². The molecule has 1 N–H and O–H groups in total. The number of benzene rings is 1. The van der Waals surface area contributed by atoms with Gasteiger partial charge < -0.3 is 10.2 Å². The molecule has 1 aliphatic heterocycles. The Labute approximate surface area is 122 Å². The van der Waals surface area contributed by atoms with Gasteiger partial charge in [-0.2, -0.15) is 0 Å². The Hall–Kier alpha value is -1.35. The molecule has 0 atom stereocenters. The lowest BCUT2D eigenvalue weighted by atomic mass is 10.0. The van der Waals surface area contributed by atoms with Crippen molar-refractivity contribution in [3.63, 3.8) is 0 Å².